The molecule has 0 saturated heterocycles. The zero-order valence-electron chi connectivity index (χ0n) is 12.1. The van der Waals surface area contributed by atoms with Gasteiger partial charge in [0, 0.05) is 18.5 Å². The van der Waals surface area contributed by atoms with Crippen LogP contribution in [0.3, 0.4) is 0 Å². The monoisotopic (exact) mass is 307 g/mol. The number of aryl methyl sites for hydroxylation is 1. The predicted octanol–water partition coefficient (Wildman–Crippen LogP) is 3.94. The molecule has 1 aliphatic heterocycles. The number of hydrogen-bond acceptors (Lipinski definition) is 2. The molecule has 0 amide bonds. The van der Waals surface area contributed by atoms with Gasteiger partial charge in [-0.2, -0.15) is 13.2 Å². The fourth-order valence-electron chi connectivity index (χ4n) is 2.76. The highest BCUT2D eigenvalue weighted by Gasteiger charge is 2.35. The molecule has 0 aliphatic carbocycles. The third-order valence-electron chi connectivity index (χ3n) is 3.82. The number of nitrogens with two attached hydrogens (primary N) is 1. The zero-order chi connectivity index (χ0) is 15.9. The minimum absolute atomic E-state index is 0.262. The van der Waals surface area contributed by atoms with Gasteiger partial charge >= 0.3 is 6.18 Å². The van der Waals surface area contributed by atoms with Crippen molar-refractivity contribution in [1.82, 2.24) is 0 Å². The predicted molar refractivity (Wildman–Crippen MR) is 78.8 cm³/mol. The summed E-state index contributed by atoms with van der Waals surface area (Å²) in [4.78, 5) is 0. The van der Waals surface area contributed by atoms with Crippen molar-refractivity contribution < 1.29 is 17.9 Å². The number of halogens is 3. The first-order chi connectivity index (χ1) is 10.4. The topological polar surface area (TPSA) is 35.2 Å². The largest absolute Gasteiger partial charge is 0.488 e. The molecule has 2 nitrogen and oxygen atoms in total. The van der Waals surface area contributed by atoms with Crippen LogP contribution in [0.2, 0.25) is 0 Å². The zero-order valence-corrected chi connectivity index (χ0v) is 12.1. The van der Waals surface area contributed by atoms with Crippen molar-refractivity contribution in [2.75, 3.05) is 6.54 Å². The lowest BCUT2D eigenvalue weighted by molar-refractivity contribution is -0.137. The Morgan fingerprint density at radius 2 is 2.00 bits per heavy atom. The van der Waals surface area contributed by atoms with Crippen molar-refractivity contribution in [3.8, 4) is 16.9 Å². The molecular formula is C17H16F3NO. The summed E-state index contributed by atoms with van der Waals surface area (Å²) in [6.07, 6.45) is -4.23. The summed E-state index contributed by atoms with van der Waals surface area (Å²) >= 11 is 0. The van der Waals surface area contributed by atoms with Crippen LogP contribution in [0, 0.1) is 6.92 Å². The molecule has 1 unspecified atom stereocenters. The SMILES string of the molecule is Cc1cccc(-c2cc(C(F)(F)F)cc3c2OC(CN)C3)c1. The van der Waals surface area contributed by atoms with Crippen molar-refractivity contribution in [2.45, 2.75) is 25.6 Å². The fraction of sp³-hybridized carbons (Fsp3) is 0.294. The number of ether oxygens (including phenoxy) is 1. The molecule has 3 rings (SSSR count). The summed E-state index contributed by atoms with van der Waals surface area (Å²) < 4.78 is 45.2. The molecule has 2 aromatic carbocycles. The first-order valence-electron chi connectivity index (χ1n) is 7.06. The third-order valence-corrected chi connectivity index (χ3v) is 3.82. The molecule has 0 aromatic heterocycles. The number of hydrogen-bond donors (Lipinski definition) is 1. The maximum Gasteiger partial charge on any atom is 0.416 e. The second-order valence-electron chi connectivity index (χ2n) is 5.56. The van der Waals surface area contributed by atoms with Crippen LogP contribution in [0.5, 0.6) is 5.75 Å². The van der Waals surface area contributed by atoms with E-state index in [-0.39, 0.29) is 12.6 Å². The van der Waals surface area contributed by atoms with Gasteiger partial charge in [-0.1, -0.05) is 29.8 Å². The first kappa shape index (κ1) is 14.9. The van der Waals surface area contributed by atoms with Crippen LogP contribution in [0.1, 0.15) is 16.7 Å². The van der Waals surface area contributed by atoms with E-state index in [4.69, 9.17) is 10.5 Å². The minimum atomic E-state index is -4.38. The van der Waals surface area contributed by atoms with Gasteiger partial charge in [0.25, 0.3) is 0 Å². The van der Waals surface area contributed by atoms with E-state index in [1.165, 1.54) is 6.07 Å². The molecule has 1 aliphatic rings. The van der Waals surface area contributed by atoms with E-state index in [1.54, 1.807) is 6.07 Å². The summed E-state index contributed by atoms with van der Waals surface area (Å²) in [7, 11) is 0. The Morgan fingerprint density at radius 3 is 2.64 bits per heavy atom. The second-order valence-corrected chi connectivity index (χ2v) is 5.56. The Morgan fingerprint density at radius 1 is 1.23 bits per heavy atom. The van der Waals surface area contributed by atoms with Crippen molar-refractivity contribution in [2.24, 2.45) is 5.73 Å². The average Bonchev–Trinajstić information content (AvgIpc) is 2.88. The first-order valence-corrected chi connectivity index (χ1v) is 7.06. The Kier molecular flexibility index (Phi) is 3.60. The number of fused-ring (bicyclic) bond motifs is 1. The molecule has 0 spiro atoms. The quantitative estimate of drug-likeness (QED) is 0.912. The standard InChI is InChI=1S/C17H16F3NO/c1-10-3-2-4-11(5-10)15-8-13(17(18,19)20)6-12-7-14(9-21)22-16(12)15/h2-6,8,14H,7,9,21H2,1H3. The highest BCUT2D eigenvalue weighted by Crippen LogP contribution is 2.43. The molecule has 5 heteroatoms. The van der Waals surface area contributed by atoms with Crippen LogP contribution in [0.4, 0.5) is 13.2 Å². The van der Waals surface area contributed by atoms with Crippen LogP contribution in [-0.4, -0.2) is 12.6 Å². The normalized spacial score (nSPS) is 17.2. The molecule has 116 valence electrons. The van der Waals surface area contributed by atoms with Gasteiger partial charge in [0.2, 0.25) is 0 Å². The summed E-state index contributed by atoms with van der Waals surface area (Å²) in [5.74, 6) is 0.522. The Balaban J connectivity index is 2.18. The van der Waals surface area contributed by atoms with Crippen LogP contribution >= 0.6 is 0 Å². The van der Waals surface area contributed by atoms with E-state index < -0.39 is 11.7 Å². The molecule has 0 saturated carbocycles. The van der Waals surface area contributed by atoms with Gasteiger partial charge < -0.3 is 10.5 Å². The second kappa shape index (κ2) is 5.32. The van der Waals surface area contributed by atoms with E-state index in [1.807, 2.05) is 25.1 Å². The van der Waals surface area contributed by atoms with Crippen LogP contribution in [0.15, 0.2) is 36.4 Å². The molecule has 2 aromatic rings. The molecule has 1 heterocycles. The maximum atomic E-state index is 13.1. The third kappa shape index (κ3) is 2.68. The molecule has 22 heavy (non-hydrogen) atoms. The Hall–Kier alpha value is -2.01. The lowest BCUT2D eigenvalue weighted by Crippen LogP contribution is -2.24. The van der Waals surface area contributed by atoms with Crippen molar-refractivity contribution >= 4 is 0 Å². The van der Waals surface area contributed by atoms with Gasteiger partial charge in [0.15, 0.2) is 0 Å². The summed E-state index contributed by atoms with van der Waals surface area (Å²) in [6.45, 7) is 2.18. The van der Waals surface area contributed by atoms with Gasteiger partial charge in [-0.3, -0.25) is 0 Å². The van der Waals surface area contributed by atoms with Gasteiger partial charge in [-0.05, 0) is 30.2 Å². The van der Waals surface area contributed by atoms with Gasteiger partial charge in [-0.25, -0.2) is 0 Å². The van der Waals surface area contributed by atoms with Crippen LogP contribution in [-0.2, 0) is 12.6 Å². The van der Waals surface area contributed by atoms with Crippen LogP contribution < -0.4 is 10.5 Å². The number of alkyl halides is 3. The molecular weight excluding hydrogens is 291 g/mol. The van der Waals surface area contributed by atoms with Gasteiger partial charge in [0.1, 0.15) is 11.9 Å². The van der Waals surface area contributed by atoms with E-state index in [2.05, 4.69) is 0 Å². The highest BCUT2D eigenvalue weighted by molar-refractivity contribution is 5.74. The average molecular weight is 307 g/mol. The smallest absolute Gasteiger partial charge is 0.416 e. The number of benzene rings is 2. The molecule has 2 N–H and O–H groups in total. The Labute approximate surface area is 126 Å². The molecule has 0 fully saturated rings. The molecule has 0 bridgehead atoms. The summed E-state index contributed by atoms with van der Waals surface area (Å²) in [5.41, 5.74) is 7.71. The fourth-order valence-corrected chi connectivity index (χ4v) is 2.76. The van der Waals surface area contributed by atoms with Crippen molar-refractivity contribution in [3.63, 3.8) is 0 Å². The molecule has 0 radical (unpaired) electrons. The van der Waals surface area contributed by atoms with Crippen molar-refractivity contribution in [1.29, 1.82) is 0 Å². The maximum absolute atomic E-state index is 13.1. The lowest BCUT2D eigenvalue weighted by atomic mass is 9.96. The molecule has 1 atom stereocenters. The van der Waals surface area contributed by atoms with Gasteiger partial charge in [-0.15, -0.1) is 0 Å². The van der Waals surface area contributed by atoms with E-state index >= 15 is 0 Å². The van der Waals surface area contributed by atoms with E-state index in [0.29, 0.717) is 23.3 Å². The summed E-state index contributed by atoms with van der Waals surface area (Å²) in [6, 6.07) is 9.71. The van der Waals surface area contributed by atoms with Crippen molar-refractivity contribution in [3.05, 3.63) is 53.1 Å². The number of rotatable bonds is 2. The van der Waals surface area contributed by atoms with E-state index in [9.17, 15) is 13.2 Å². The highest BCUT2D eigenvalue weighted by atomic mass is 19.4. The van der Waals surface area contributed by atoms with E-state index in [0.717, 1.165) is 17.2 Å². The summed E-state index contributed by atoms with van der Waals surface area (Å²) in [5, 5.41) is 0. The van der Waals surface area contributed by atoms with Gasteiger partial charge in [0.05, 0.1) is 5.56 Å². The minimum Gasteiger partial charge on any atom is -0.488 e. The lowest BCUT2D eigenvalue weighted by Gasteiger charge is -2.14. The Bertz CT molecular complexity index is 710. The van der Waals surface area contributed by atoms with Crippen LogP contribution in [0.25, 0.3) is 11.1 Å².